The summed E-state index contributed by atoms with van der Waals surface area (Å²) in [7, 11) is 0. The van der Waals surface area contributed by atoms with Crippen LogP contribution in [-0.2, 0) is 6.42 Å². The fourth-order valence-corrected chi connectivity index (χ4v) is 1.73. The Balaban J connectivity index is 2.51. The number of hydrogen-bond donors (Lipinski definition) is 1. The van der Waals surface area contributed by atoms with Gasteiger partial charge in [-0.3, -0.25) is 0 Å². The molecule has 0 unspecified atom stereocenters. The molecule has 0 atom stereocenters. The van der Waals surface area contributed by atoms with E-state index in [1.165, 1.54) is 18.4 Å². The second-order valence-electron chi connectivity index (χ2n) is 3.72. The van der Waals surface area contributed by atoms with Crippen LogP contribution in [0.25, 0.3) is 10.9 Å². The number of nitrogens with zero attached hydrogens (tertiary/aromatic N) is 2. The quantitative estimate of drug-likeness (QED) is 0.830. The molecule has 15 heavy (non-hydrogen) atoms. The average Bonchev–Trinajstić information content (AvgIpc) is 2.27. The molecule has 0 spiro atoms. The maximum atomic E-state index is 5.85. The third-order valence-corrected chi connectivity index (χ3v) is 2.58. The average molecular weight is 201 g/mol. The Morgan fingerprint density at radius 1 is 1.33 bits per heavy atom. The second kappa shape index (κ2) is 4.26. The van der Waals surface area contributed by atoms with Crippen molar-refractivity contribution in [1.82, 2.24) is 10.2 Å². The Hall–Kier alpha value is -1.64. The number of aromatic nitrogens is 2. The van der Waals surface area contributed by atoms with E-state index < -0.39 is 0 Å². The summed E-state index contributed by atoms with van der Waals surface area (Å²) in [6.07, 6.45) is 5.01. The van der Waals surface area contributed by atoms with Crippen LogP contribution >= 0.6 is 0 Å². The normalized spacial score (nSPS) is 10.7. The van der Waals surface area contributed by atoms with E-state index in [0.29, 0.717) is 5.69 Å². The molecule has 2 N–H and O–H groups in total. The molecular formula is C12H15N3. The highest BCUT2D eigenvalue weighted by Crippen LogP contribution is 2.21. The van der Waals surface area contributed by atoms with Crippen molar-refractivity contribution in [2.24, 2.45) is 0 Å². The van der Waals surface area contributed by atoms with Gasteiger partial charge in [-0.15, -0.1) is 0 Å². The number of aryl methyl sites for hydroxylation is 1. The van der Waals surface area contributed by atoms with Gasteiger partial charge < -0.3 is 5.73 Å². The maximum absolute atomic E-state index is 5.85. The van der Waals surface area contributed by atoms with E-state index in [-0.39, 0.29) is 0 Å². The zero-order valence-electron chi connectivity index (χ0n) is 8.90. The molecule has 0 saturated heterocycles. The van der Waals surface area contributed by atoms with Gasteiger partial charge in [0.05, 0.1) is 17.4 Å². The molecule has 3 heteroatoms. The van der Waals surface area contributed by atoms with Crippen LogP contribution in [0.15, 0.2) is 24.4 Å². The molecule has 2 aromatic rings. The number of rotatable bonds is 3. The van der Waals surface area contributed by atoms with Gasteiger partial charge in [0.2, 0.25) is 0 Å². The molecule has 0 aliphatic carbocycles. The van der Waals surface area contributed by atoms with Crippen LogP contribution < -0.4 is 5.73 Å². The SMILES string of the molecule is CCCCc1cccc2c(N)cnnc12. The summed E-state index contributed by atoms with van der Waals surface area (Å²) in [5.41, 5.74) is 8.75. The number of unbranched alkanes of at least 4 members (excludes halogenated alkanes) is 1. The van der Waals surface area contributed by atoms with Gasteiger partial charge in [0.15, 0.2) is 0 Å². The first-order valence-corrected chi connectivity index (χ1v) is 5.31. The van der Waals surface area contributed by atoms with Crippen molar-refractivity contribution in [3.8, 4) is 0 Å². The third-order valence-electron chi connectivity index (χ3n) is 2.58. The van der Waals surface area contributed by atoms with E-state index in [2.05, 4.69) is 23.2 Å². The van der Waals surface area contributed by atoms with Crippen molar-refractivity contribution in [2.45, 2.75) is 26.2 Å². The molecule has 0 amide bonds. The lowest BCUT2D eigenvalue weighted by Gasteiger charge is -2.05. The van der Waals surface area contributed by atoms with Gasteiger partial charge in [-0.1, -0.05) is 31.5 Å². The third kappa shape index (κ3) is 1.91. The number of anilines is 1. The first-order chi connectivity index (χ1) is 7.33. The smallest absolute Gasteiger partial charge is 0.0982 e. The lowest BCUT2D eigenvalue weighted by molar-refractivity contribution is 0.796. The van der Waals surface area contributed by atoms with Crippen molar-refractivity contribution in [3.63, 3.8) is 0 Å². The standard InChI is InChI=1S/C12H15N3/c1-2-3-5-9-6-4-7-10-11(13)8-14-15-12(9)10/h4,6-8H,2-3,5H2,1H3,(H2,13,15). The monoisotopic (exact) mass is 201 g/mol. The molecule has 3 nitrogen and oxygen atoms in total. The van der Waals surface area contributed by atoms with Crippen LogP contribution in [0.4, 0.5) is 5.69 Å². The fraction of sp³-hybridized carbons (Fsp3) is 0.333. The molecule has 0 radical (unpaired) electrons. The zero-order valence-corrected chi connectivity index (χ0v) is 8.90. The summed E-state index contributed by atoms with van der Waals surface area (Å²) < 4.78 is 0. The highest BCUT2D eigenvalue weighted by Gasteiger charge is 2.04. The largest absolute Gasteiger partial charge is 0.397 e. The van der Waals surface area contributed by atoms with E-state index in [4.69, 9.17) is 5.73 Å². The highest BCUT2D eigenvalue weighted by atomic mass is 15.1. The zero-order chi connectivity index (χ0) is 10.7. The Bertz CT molecular complexity index is 465. The number of nitrogens with two attached hydrogens (primary N) is 1. The number of hydrogen-bond acceptors (Lipinski definition) is 3. The Morgan fingerprint density at radius 2 is 2.20 bits per heavy atom. The fourth-order valence-electron chi connectivity index (χ4n) is 1.73. The lowest BCUT2D eigenvalue weighted by atomic mass is 10.0. The van der Waals surface area contributed by atoms with Gasteiger partial charge in [0.25, 0.3) is 0 Å². The van der Waals surface area contributed by atoms with Gasteiger partial charge in [-0.25, -0.2) is 0 Å². The number of fused-ring (bicyclic) bond motifs is 1. The van der Waals surface area contributed by atoms with Crippen LogP contribution in [-0.4, -0.2) is 10.2 Å². The summed E-state index contributed by atoms with van der Waals surface area (Å²) >= 11 is 0. The van der Waals surface area contributed by atoms with Gasteiger partial charge >= 0.3 is 0 Å². The maximum Gasteiger partial charge on any atom is 0.0982 e. The molecule has 0 fully saturated rings. The van der Waals surface area contributed by atoms with E-state index in [1.54, 1.807) is 6.20 Å². The molecule has 0 bridgehead atoms. The molecule has 1 aromatic carbocycles. The molecule has 78 valence electrons. The molecule has 0 aliphatic rings. The summed E-state index contributed by atoms with van der Waals surface area (Å²) in [5, 5.41) is 9.08. The van der Waals surface area contributed by atoms with Crippen molar-refractivity contribution in [2.75, 3.05) is 5.73 Å². The summed E-state index contributed by atoms with van der Waals surface area (Å²) in [6, 6.07) is 6.13. The number of nitrogen functional groups attached to an aromatic ring is 1. The second-order valence-corrected chi connectivity index (χ2v) is 3.72. The molecule has 1 aromatic heterocycles. The van der Waals surface area contributed by atoms with Crippen LogP contribution in [0.5, 0.6) is 0 Å². The minimum atomic E-state index is 0.707. The Kier molecular flexibility index (Phi) is 2.81. The van der Waals surface area contributed by atoms with Gasteiger partial charge in [-0.05, 0) is 18.4 Å². The molecule has 0 saturated carbocycles. The van der Waals surface area contributed by atoms with Gasteiger partial charge in [-0.2, -0.15) is 10.2 Å². The topological polar surface area (TPSA) is 51.8 Å². The van der Waals surface area contributed by atoms with Crippen LogP contribution in [0, 0.1) is 0 Å². The predicted molar refractivity (Wildman–Crippen MR) is 62.6 cm³/mol. The van der Waals surface area contributed by atoms with Crippen LogP contribution in [0.3, 0.4) is 0 Å². The summed E-state index contributed by atoms with van der Waals surface area (Å²) in [6.45, 7) is 2.19. The van der Waals surface area contributed by atoms with Crippen molar-refractivity contribution >= 4 is 16.6 Å². The van der Waals surface area contributed by atoms with E-state index in [1.807, 2.05) is 12.1 Å². The predicted octanol–water partition coefficient (Wildman–Crippen LogP) is 2.55. The van der Waals surface area contributed by atoms with Gasteiger partial charge in [0.1, 0.15) is 0 Å². The van der Waals surface area contributed by atoms with Crippen molar-refractivity contribution < 1.29 is 0 Å². The molecule has 2 rings (SSSR count). The van der Waals surface area contributed by atoms with Crippen molar-refractivity contribution in [1.29, 1.82) is 0 Å². The number of benzene rings is 1. The first kappa shape index (κ1) is 9.90. The van der Waals surface area contributed by atoms with Crippen LogP contribution in [0.1, 0.15) is 25.3 Å². The summed E-state index contributed by atoms with van der Waals surface area (Å²) in [4.78, 5) is 0. The summed E-state index contributed by atoms with van der Waals surface area (Å²) in [5.74, 6) is 0. The Labute approximate surface area is 89.3 Å². The van der Waals surface area contributed by atoms with Crippen molar-refractivity contribution in [3.05, 3.63) is 30.0 Å². The van der Waals surface area contributed by atoms with E-state index in [0.717, 1.165) is 17.3 Å². The molecule has 0 aliphatic heterocycles. The minimum Gasteiger partial charge on any atom is -0.397 e. The van der Waals surface area contributed by atoms with E-state index in [9.17, 15) is 0 Å². The Morgan fingerprint density at radius 3 is 3.00 bits per heavy atom. The van der Waals surface area contributed by atoms with E-state index >= 15 is 0 Å². The highest BCUT2D eigenvalue weighted by molar-refractivity contribution is 5.91. The van der Waals surface area contributed by atoms with Gasteiger partial charge in [0, 0.05) is 5.39 Å². The molecular weight excluding hydrogens is 186 g/mol. The lowest BCUT2D eigenvalue weighted by Crippen LogP contribution is -1.95. The molecule has 1 heterocycles. The minimum absolute atomic E-state index is 0.707. The van der Waals surface area contributed by atoms with Crippen LogP contribution in [0.2, 0.25) is 0 Å². The first-order valence-electron chi connectivity index (χ1n) is 5.31.